The molecule has 0 unspecified atom stereocenters. The van der Waals surface area contributed by atoms with E-state index in [2.05, 4.69) is 15.9 Å². The first kappa shape index (κ1) is 12.0. The van der Waals surface area contributed by atoms with Gasteiger partial charge in [-0.2, -0.15) is 0 Å². The van der Waals surface area contributed by atoms with Crippen LogP contribution in [-0.4, -0.2) is 15.5 Å². The smallest absolute Gasteiger partial charge is 0.338 e. The van der Waals surface area contributed by atoms with Crippen LogP contribution in [0.5, 0.6) is 0 Å². The maximum Gasteiger partial charge on any atom is 0.338 e. The van der Waals surface area contributed by atoms with Crippen molar-refractivity contribution in [3.8, 4) is 11.1 Å². The lowest BCUT2D eigenvalue weighted by Crippen LogP contribution is -1.97. The van der Waals surface area contributed by atoms with Crippen molar-refractivity contribution in [2.45, 2.75) is 0 Å². The van der Waals surface area contributed by atoms with Crippen LogP contribution < -0.4 is 0 Å². The summed E-state index contributed by atoms with van der Waals surface area (Å²) < 4.78 is 2.80. The van der Waals surface area contributed by atoms with Crippen LogP contribution in [0.1, 0.15) is 10.4 Å². The number of halogens is 1. The minimum absolute atomic E-state index is 0.336. The van der Waals surface area contributed by atoms with Gasteiger partial charge in [-0.1, -0.05) is 34.1 Å². The number of carboxylic acid groups (broad SMARTS) is 1. The van der Waals surface area contributed by atoms with Crippen molar-refractivity contribution in [1.29, 1.82) is 0 Å². The molecule has 2 heterocycles. The maximum absolute atomic E-state index is 11.5. The lowest BCUT2D eigenvalue weighted by molar-refractivity contribution is 0.0700. The number of fused-ring (bicyclic) bond motifs is 1. The van der Waals surface area contributed by atoms with Gasteiger partial charge in [0, 0.05) is 22.4 Å². The Hall–Kier alpha value is -2.07. The molecule has 94 valence electrons. The van der Waals surface area contributed by atoms with Gasteiger partial charge in [0.2, 0.25) is 0 Å². The molecular weight excluding hydrogens is 306 g/mol. The first-order valence-corrected chi connectivity index (χ1v) is 6.55. The quantitative estimate of drug-likeness (QED) is 0.774. The molecule has 0 bridgehead atoms. The van der Waals surface area contributed by atoms with E-state index in [4.69, 9.17) is 0 Å². The van der Waals surface area contributed by atoms with Gasteiger partial charge in [0.15, 0.2) is 0 Å². The van der Waals surface area contributed by atoms with Gasteiger partial charge in [0.25, 0.3) is 0 Å². The van der Waals surface area contributed by atoms with Gasteiger partial charge < -0.3 is 9.51 Å². The van der Waals surface area contributed by atoms with Crippen LogP contribution in [0.3, 0.4) is 0 Å². The van der Waals surface area contributed by atoms with Crippen molar-refractivity contribution in [1.82, 2.24) is 4.40 Å². The summed E-state index contributed by atoms with van der Waals surface area (Å²) in [6, 6.07) is 13.2. The molecule has 0 radical (unpaired) electrons. The van der Waals surface area contributed by atoms with Crippen LogP contribution in [0.4, 0.5) is 0 Å². The second-order valence-electron chi connectivity index (χ2n) is 4.22. The largest absolute Gasteiger partial charge is 0.478 e. The van der Waals surface area contributed by atoms with Gasteiger partial charge in [0.05, 0.1) is 11.1 Å². The van der Waals surface area contributed by atoms with E-state index in [0.29, 0.717) is 11.1 Å². The van der Waals surface area contributed by atoms with Crippen molar-refractivity contribution < 1.29 is 9.90 Å². The minimum Gasteiger partial charge on any atom is -0.478 e. The van der Waals surface area contributed by atoms with Crippen molar-refractivity contribution >= 4 is 27.4 Å². The lowest BCUT2D eigenvalue weighted by atomic mass is 10.0. The second-order valence-corrected chi connectivity index (χ2v) is 5.14. The zero-order chi connectivity index (χ0) is 13.4. The van der Waals surface area contributed by atoms with Gasteiger partial charge in [-0.15, -0.1) is 0 Å². The van der Waals surface area contributed by atoms with Gasteiger partial charge in [-0.05, 0) is 29.8 Å². The summed E-state index contributed by atoms with van der Waals surface area (Å²) in [6.07, 6.45) is 3.70. The minimum atomic E-state index is -0.911. The molecule has 0 fully saturated rings. The third-order valence-electron chi connectivity index (χ3n) is 3.05. The molecule has 0 amide bonds. The highest BCUT2D eigenvalue weighted by Crippen LogP contribution is 2.29. The number of nitrogens with zero attached hydrogens (tertiary/aromatic N) is 1. The third-order valence-corrected chi connectivity index (χ3v) is 3.58. The Bertz CT molecular complexity index is 759. The summed E-state index contributed by atoms with van der Waals surface area (Å²) in [5.41, 5.74) is 2.66. The van der Waals surface area contributed by atoms with Gasteiger partial charge >= 0.3 is 5.97 Å². The van der Waals surface area contributed by atoms with E-state index in [9.17, 15) is 9.90 Å². The van der Waals surface area contributed by atoms with E-state index in [-0.39, 0.29) is 0 Å². The number of rotatable bonds is 2. The topological polar surface area (TPSA) is 41.7 Å². The predicted octanol–water partition coefficient (Wildman–Crippen LogP) is 4.07. The molecule has 0 aliphatic rings. The number of benzene rings is 1. The number of carbonyl (C=O) groups is 1. The Morgan fingerprint density at radius 2 is 1.84 bits per heavy atom. The summed E-state index contributed by atoms with van der Waals surface area (Å²) in [7, 11) is 0. The maximum atomic E-state index is 11.5. The molecule has 3 aromatic rings. The van der Waals surface area contributed by atoms with E-state index < -0.39 is 5.97 Å². The number of pyridine rings is 1. The van der Waals surface area contributed by atoms with E-state index >= 15 is 0 Å². The Labute approximate surface area is 118 Å². The SMILES string of the molecule is O=C(O)c1c(-c2ccc(Br)cc2)cn2ccccc12. The van der Waals surface area contributed by atoms with Crippen molar-refractivity contribution in [3.05, 3.63) is 64.9 Å². The number of aromatic nitrogens is 1. The molecular formula is C15H10BrNO2. The Morgan fingerprint density at radius 1 is 1.11 bits per heavy atom. The predicted molar refractivity (Wildman–Crippen MR) is 77.5 cm³/mol. The number of aromatic carboxylic acids is 1. The highest BCUT2D eigenvalue weighted by molar-refractivity contribution is 9.10. The highest BCUT2D eigenvalue weighted by atomic mass is 79.9. The number of hydrogen-bond donors (Lipinski definition) is 1. The average Bonchev–Trinajstić information content (AvgIpc) is 2.78. The molecule has 0 saturated carbocycles. The molecule has 0 aliphatic carbocycles. The zero-order valence-electron chi connectivity index (χ0n) is 9.88. The fourth-order valence-corrected chi connectivity index (χ4v) is 2.46. The van der Waals surface area contributed by atoms with E-state index in [1.807, 2.05) is 59.3 Å². The third kappa shape index (κ3) is 2.04. The molecule has 1 N–H and O–H groups in total. The van der Waals surface area contributed by atoms with Crippen LogP contribution in [0.25, 0.3) is 16.6 Å². The first-order chi connectivity index (χ1) is 9.16. The monoisotopic (exact) mass is 315 g/mol. The molecule has 4 heteroatoms. The van der Waals surface area contributed by atoms with Gasteiger partial charge in [-0.3, -0.25) is 0 Å². The van der Waals surface area contributed by atoms with E-state index in [1.165, 1.54) is 0 Å². The standard InChI is InChI=1S/C15H10BrNO2/c16-11-6-4-10(5-7-11)12-9-17-8-2-1-3-13(17)14(12)15(18)19/h1-9H,(H,18,19). The second kappa shape index (κ2) is 4.55. The fraction of sp³-hybridized carbons (Fsp3) is 0. The van der Waals surface area contributed by atoms with Crippen molar-refractivity contribution in [3.63, 3.8) is 0 Å². The molecule has 0 aliphatic heterocycles. The molecule has 1 aromatic carbocycles. The van der Waals surface area contributed by atoms with E-state index in [1.54, 1.807) is 0 Å². The first-order valence-electron chi connectivity index (χ1n) is 5.76. The summed E-state index contributed by atoms with van der Waals surface area (Å²) in [6.45, 7) is 0. The highest BCUT2D eigenvalue weighted by Gasteiger charge is 2.17. The summed E-state index contributed by atoms with van der Waals surface area (Å²) in [4.78, 5) is 11.5. The van der Waals surface area contributed by atoms with E-state index in [0.717, 1.165) is 15.6 Å². The Balaban J connectivity index is 2.31. The molecule has 3 rings (SSSR count). The summed E-state index contributed by atoms with van der Waals surface area (Å²) in [5.74, 6) is -0.911. The molecule has 19 heavy (non-hydrogen) atoms. The van der Waals surface area contributed by atoms with Crippen LogP contribution in [-0.2, 0) is 0 Å². The lowest BCUT2D eigenvalue weighted by Gasteiger charge is -2.01. The van der Waals surface area contributed by atoms with Gasteiger partial charge in [-0.25, -0.2) is 4.79 Å². The fourth-order valence-electron chi connectivity index (χ4n) is 2.20. The summed E-state index contributed by atoms with van der Waals surface area (Å²) in [5, 5.41) is 9.45. The number of carboxylic acids is 1. The normalized spacial score (nSPS) is 10.8. The summed E-state index contributed by atoms with van der Waals surface area (Å²) >= 11 is 3.38. The molecule has 0 saturated heterocycles. The molecule has 0 spiro atoms. The van der Waals surface area contributed by atoms with Crippen LogP contribution in [0.2, 0.25) is 0 Å². The molecule has 0 atom stereocenters. The van der Waals surface area contributed by atoms with Gasteiger partial charge in [0.1, 0.15) is 0 Å². The molecule has 2 aromatic heterocycles. The average molecular weight is 316 g/mol. The number of hydrogen-bond acceptors (Lipinski definition) is 1. The molecule has 3 nitrogen and oxygen atoms in total. The van der Waals surface area contributed by atoms with Crippen molar-refractivity contribution in [2.24, 2.45) is 0 Å². The Kier molecular flexibility index (Phi) is 2.87. The zero-order valence-corrected chi connectivity index (χ0v) is 11.5. The van der Waals surface area contributed by atoms with Crippen molar-refractivity contribution in [2.75, 3.05) is 0 Å². The van der Waals surface area contributed by atoms with Crippen LogP contribution in [0, 0.1) is 0 Å². The Morgan fingerprint density at radius 3 is 2.53 bits per heavy atom. The van der Waals surface area contributed by atoms with Crippen LogP contribution in [0.15, 0.2) is 59.3 Å². The van der Waals surface area contributed by atoms with Crippen LogP contribution >= 0.6 is 15.9 Å².